The topological polar surface area (TPSA) is 35.2 Å². The highest BCUT2D eigenvalue weighted by atomic mass is 127. The van der Waals surface area contributed by atoms with Crippen LogP contribution in [0.5, 0.6) is 5.75 Å². The third kappa shape index (κ3) is 2.56. The van der Waals surface area contributed by atoms with Gasteiger partial charge in [-0.05, 0) is 70.7 Å². The fraction of sp³-hybridized carbons (Fsp3) is 0.294. The fourth-order valence-corrected chi connectivity index (χ4v) is 3.36. The van der Waals surface area contributed by atoms with E-state index in [-0.39, 0.29) is 6.04 Å². The molecule has 1 unspecified atom stereocenters. The lowest BCUT2D eigenvalue weighted by atomic mass is 9.95. The lowest BCUT2D eigenvalue weighted by Gasteiger charge is -2.21. The average molecular weight is 379 g/mol. The largest absolute Gasteiger partial charge is 0.493 e. The molecule has 2 aromatic carbocycles. The van der Waals surface area contributed by atoms with Crippen molar-refractivity contribution in [2.24, 2.45) is 5.73 Å². The molecule has 2 N–H and O–H groups in total. The standard InChI is InChI=1S/C17H18INO/c1-11-4-2-6-14(16(11)18)17(19)13-7-8-15-12(10-13)5-3-9-20-15/h2,4,6-8,10,17H,3,5,9,19H2,1H3. The molecule has 0 bridgehead atoms. The molecule has 0 aliphatic carbocycles. The first-order valence-corrected chi connectivity index (χ1v) is 8.01. The fourth-order valence-electron chi connectivity index (χ4n) is 2.66. The van der Waals surface area contributed by atoms with Crippen molar-refractivity contribution in [2.45, 2.75) is 25.8 Å². The Bertz CT molecular complexity index is 639. The zero-order chi connectivity index (χ0) is 14.1. The van der Waals surface area contributed by atoms with Crippen molar-refractivity contribution in [1.82, 2.24) is 0 Å². The second-order valence-corrected chi connectivity index (χ2v) is 6.35. The number of hydrogen-bond donors (Lipinski definition) is 1. The minimum absolute atomic E-state index is 0.0750. The van der Waals surface area contributed by atoms with E-state index < -0.39 is 0 Å². The van der Waals surface area contributed by atoms with Crippen LogP contribution in [0.2, 0.25) is 0 Å². The molecule has 104 valence electrons. The van der Waals surface area contributed by atoms with Gasteiger partial charge in [-0.1, -0.05) is 30.3 Å². The van der Waals surface area contributed by atoms with Crippen LogP contribution in [-0.4, -0.2) is 6.61 Å². The van der Waals surface area contributed by atoms with Gasteiger partial charge in [-0.15, -0.1) is 0 Å². The maximum atomic E-state index is 6.47. The van der Waals surface area contributed by atoms with Crippen LogP contribution < -0.4 is 10.5 Å². The highest BCUT2D eigenvalue weighted by Crippen LogP contribution is 2.31. The number of aryl methyl sites for hydroxylation is 2. The van der Waals surface area contributed by atoms with E-state index in [1.54, 1.807) is 0 Å². The average Bonchev–Trinajstić information content (AvgIpc) is 2.49. The molecule has 0 aromatic heterocycles. The molecule has 3 heteroatoms. The first-order chi connectivity index (χ1) is 9.66. The smallest absolute Gasteiger partial charge is 0.122 e. The minimum Gasteiger partial charge on any atom is -0.493 e. The highest BCUT2D eigenvalue weighted by molar-refractivity contribution is 14.1. The number of hydrogen-bond acceptors (Lipinski definition) is 2. The van der Waals surface area contributed by atoms with E-state index in [4.69, 9.17) is 10.5 Å². The van der Waals surface area contributed by atoms with Crippen LogP contribution >= 0.6 is 22.6 Å². The van der Waals surface area contributed by atoms with Crippen LogP contribution in [0.15, 0.2) is 36.4 Å². The summed E-state index contributed by atoms with van der Waals surface area (Å²) in [6.45, 7) is 2.95. The molecule has 0 saturated heterocycles. The van der Waals surface area contributed by atoms with Gasteiger partial charge in [0.2, 0.25) is 0 Å². The zero-order valence-electron chi connectivity index (χ0n) is 11.5. The number of rotatable bonds is 2. The number of nitrogens with two attached hydrogens (primary N) is 1. The molecule has 1 heterocycles. The molecule has 3 rings (SSSR count). The van der Waals surface area contributed by atoms with Gasteiger partial charge in [0.15, 0.2) is 0 Å². The van der Waals surface area contributed by atoms with Crippen LogP contribution in [0.3, 0.4) is 0 Å². The summed E-state index contributed by atoms with van der Waals surface area (Å²) in [5.74, 6) is 1.02. The summed E-state index contributed by atoms with van der Waals surface area (Å²) >= 11 is 2.39. The molecule has 1 aliphatic heterocycles. The second kappa shape index (κ2) is 5.74. The van der Waals surface area contributed by atoms with Gasteiger partial charge in [0, 0.05) is 3.57 Å². The van der Waals surface area contributed by atoms with E-state index in [1.807, 2.05) is 0 Å². The van der Waals surface area contributed by atoms with Crippen LogP contribution in [0, 0.1) is 10.5 Å². The van der Waals surface area contributed by atoms with E-state index in [0.29, 0.717) is 0 Å². The Morgan fingerprint density at radius 1 is 1.25 bits per heavy atom. The molecule has 2 aromatic rings. The minimum atomic E-state index is -0.0750. The van der Waals surface area contributed by atoms with Crippen molar-refractivity contribution in [3.05, 3.63) is 62.2 Å². The van der Waals surface area contributed by atoms with Crippen molar-refractivity contribution in [2.75, 3.05) is 6.61 Å². The summed E-state index contributed by atoms with van der Waals surface area (Å²) in [7, 11) is 0. The third-order valence-electron chi connectivity index (χ3n) is 3.85. The Balaban J connectivity index is 1.98. The Kier molecular flexibility index (Phi) is 3.98. The summed E-state index contributed by atoms with van der Waals surface area (Å²) in [6.07, 6.45) is 2.18. The Hall–Kier alpha value is -1.07. The van der Waals surface area contributed by atoms with E-state index in [1.165, 1.54) is 20.3 Å². The van der Waals surface area contributed by atoms with Gasteiger partial charge in [0.25, 0.3) is 0 Å². The number of ether oxygens (including phenoxy) is 1. The first-order valence-electron chi connectivity index (χ1n) is 6.93. The molecule has 0 spiro atoms. The van der Waals surface area contributed by atoms with Gasteiger partial charge in [0.05, 0.1) is 12.6 Å². The van der Waals surface area contributed by atoms with Gasteiger partial charge in [-0.25, -0.2) is 0 Å². The Morgan fingerprint density at radius 3 is 2.95 bits per heavy atom. The summed E-state index contributed by atoms with van der Waals surface area (Å²) in [5, 5.41) is 0. The van der Waals surface area contributed by atoms with Crippen LogP contribution in [0.1, 0.15) is 34.7 Å². The van der Waals surface area contributed by atoms with Crippen molar-refractivity contribution in [1.29, 1.82) is 0 Å². The summed E-state index contributed by atoms with van der Waals surface area (Å²) in [5.41, 5.74) is 11.4. The molecule has 2 nitrogen and oxygen atoms in total. The lowest BCUT2D eigenvalue weighted by Crippen LogP contribution is -2.15. The maximum absolute atomic E-state index is 6.47. The summed E-state index contributed by atoms with van der Waals surface area (Å²) < 4.78 is 6.92. The predicted molar refractivity (Wildman–Crippen MR) is 90.2 cm³/mol. The van der Waals surface area contributed by atoms with Gasteiger partial charge in [-0.2, -0.15) is 0 Å². The quantitative estimate of drug-likeness (QED) is 0.802. The van der Waals surface area contributed by atoms with Gasteiger partial charge >= 0.3 is 0 Å². The Morgan fingerprint density at radius 2 is 2.10 bits per heavy atom. The third-order valence-corrected chi connectivity index (χ3v) is 5.32. The van der Waals surface area contributed by atoms with Gasteiger partial charge in [0.1, 0.15) is 5.75 Å². The monoisotopic (exact) mass is 379 g/mol. The maximum Gasteiger partial charge on any atom is 0.122 e. The SMILES string of the molecule is Cc1cccc(C(N)c2ccc3c(c2)CCCO3)c1I. The van der Waals surface area contributed by atoms with E-state index >= 15 is 0 Å². The molecular weight excluding hydrogens is 361 g/mol. The molecule has 0 radical (unpaired) electrons. The Labute approximate surface area is 133 Å². The zero-order valence-corrected chi connectivity index (χ0v) is 13.7. The second-order valence-electron chi connectivity index (χ2n) is 5.27. The van der Waals surface area contributed by atoms with Gasteiger partial charge in [-0.3, -0.25) is 0 Å². The number of benzene rings is 2. The molecule has 20 heavy (non-hydrogen) atoms. The predicted octanol–water partition coefficient (Wildman–Crippen LogP) is 3.97. The molecule has 1 atom stereocenters. The van der Waals surface area contributed by atoms with E-state index in [9.17, 15) is 0 Å². The molecule has 0 amide bonds. The molecular formula is C17H18INO. The normalized spacial score (nSPS) is 15.3. The lowest BCUT2D eigenvalue weighted by molar-refractivity contribution is 0.288. The first kappa shape index (κ1) is 13.9. The number of fused-ring (bicyclic) bond motifs is 1. The number of halogens is 1. The molecule has 1 aliphatic rings. The van der Waals surface area contributed by atoms with Crippen LogP contribution in [0.4, 0.5) is 0 Å². The van der Waals surface area contributed by atoms with Gasteiger partial charge < -0.3 is 10.5 Å². The van der Waals surface area contributed by atoms with Crippen molar-refractivity contribution >= 4 is 22.6 Å². The van der Waals surface area contributed by atoms with Crippen molar-refractivity contribution < 1.29 is 4.74 Å². The molecule has 0 saturated carbocycles. The van der Waals surface area contributed by atoms with E-state index in [0.717, 1.165) is 30.8 Å². The van der Waals surface area contributed by atoms with E-state index in [2.05, 4.69) is 65.9 Å². The highest BCUT2D eigenvalue weighted by Gasteiger charge is 2.16. The van der Waals surface area contributed by atoms with Crippen molar-refractivity contribution in [3.63, 3.8) is 0 Å². The van der Waals surface area contributed by atoms with Crippen LogP contribution in [0.25, 0.3) is 0 Å². The molecule has 0 fully saturated rings. The van der Waals surface area contributed by atoms with Crippen LogP contribution in [-0.2, 0) is 6.42 Å². The summed E-state index contributed by atoms with van der Waals surface area (Å²) in [4.78, 5) is 0. The van der Waals surface area contributed by atoms with Crippen molar-refractivity contribution in [3.8, 4) is 5.75 Å². The summed E-state index contributed by atoms with van der Waals surface area (Å²) in [6, 6.07) is 12.6.